The van der Waals surface area contributed by atoms with Crippen LogP contribution in [0, 0.1) is 10.1 Å². The summed E-state index contributed by atoms with van der Waals surface area (Å²) in [6.07, 6.45) is 0. The second-order valence-corrected chi connectivity index (χ2v) is 5.47. The van der Waals surface area contributed by atoms with Crippen LogP contribution in [-0.2, 0) is 0 Å². The summed E-state index contributed by atoms with van der Waals surface area (Å²) in [6, 6.07) is 25.2. The van der Waals surface area contributed by atoms with Gasteiger partial charge in [0.2, 0.25) is 0 Å². The molecule has 4 aromatic rings. The van der Waals surface area contributed by atoms with Crippen molar-refractivity contribution in [1.29, 1.82) is 0 Å². The molecule has 0 N–H and O–H groups in total. The average Bonchev–Trinajstić information content (AvgIpc) is 2.59. The Balaban J connectivity index is 2.19. The van der Waals surface area contributed by atoms with Gasteiger partial charge in [-0.05, 0) is 40.1 Å². The largest absolute Gasteiger partial charge is 0.284 e. The SMILES string of the molecule is O=[N+]([O-])c1c2ccccc2cc2c(-c3ccccc3)cccc12. The van der Waals surface area contributed by atoms with Gasteiger partial charge in [0.25, 0.3) is 5.69 Å². The van der Waals surface area contributed by atoms with Crippen molar-refractivity contribution < 1.29 is 4.92 Å². The summed E-state index contributed by atoms with van der Waals surface area (Å²) in [5, 5.41) is 14.8. The third-order valence-corrected chi connectivity index (χ3v) is 4.14. The van der Waals surface area contributed by atoms with Gasteiger partial charge in [-0.3, -0.25) is 10.1 Å². The van der Waals surface area contributed by atoms with Crippen molar-refractivity contribution in [1.82, 2.24) is 0 Å². The molecule has 0 saturated heterocycles. The zero-order valence-corrected chi connectivity index (χ0v) is 12.3. The molecule has 23 heavy (non-hydrogen) atoms. The first kappa shape index (κ1) is 13.5. The fourth-order valence-electron chi connectivity index (χ4n) is 3.13. The van der Waals surface area contributed by atoms with Crippen molar-refractivity contribution in [3.8, 4) is 11.1 Å². The number of rotatable bonds is 2. The van der Waals surface area contributed by atoms with Crippen LogP contribution in [0.15, 0.2) is 78.9 Å². The Morgan fingerprint density at radius 3 is 2.17 bits per heavy atom. The molecule has 3 heteroatoms. The lowest BCUT2D eigenvalue weighted by molar-refractivity contribution is -0.381. The number of nitro benzene ring substituents is 1. The Morgan fingerprint density at radius 2 is 1.39 bits per heavy atom. The summed E-state index contributed by atoms with van der Waals surface area (Å²) in [5.41, 5.74) is 2.25. The third-order valence-electron chi connectivity index (χ3n) is 4.14. The molecular weight excluding hydrogens is 286 g/mol. The van der Waals surface area contributed by atoms with Gasteiger partial charge in [0.15, 0.2) is 0 Å². The van der Waals surface area contributed by atoms with Gasteiger partial charge < -0.3 is 0 Å². The molecule has 4 rings (SSSR count). The second kappa shape index (κ2) is 5.21. The molecule has 0 aliphatic heterocycles. The number of non-ortho nitro benzene ring substituents is 1. The molecule has 0 unspecified atom stereocenters. The first-order chi connectivity index (χ1) is 11.3. The molecule has 0 atom stereocenters. The Hall–Kier alpha value is -3.20. The van der Waals surface area contributed by atoms with Gasteiger partial charge >= 0.3 is 0 Å². The lowest BCUT2D eigenvalue weighted by atomic mass is 9.94. The van der Waals surface area contributed by atoms with Crippen molar-refractivity contribution in [2.24, 2.45) is 0 Å². The summed E-state index contributed by atoms with van der Waals surface area (Å²) < 4.78 is 0. The Bertz CT molecular complexity index is 1040. The highest BCUT2D eigenvalue weighted by Crippen LogP contribution is 2.38. The Kier molecular flexibility index (Phi) is 3.05. The highest BCUT2D eigenvalue weighted by atomic mass is 16.6. The monoisotopic (exact) mass is 299 g/mol. The van der Waals surface area contributed by atoms with Crippen LogP contribution in [0.4, 0.5) is 5.69 Å². The highest BCUT2D eigenvalue weighted by Gasteiger charge is 2.18. The maximum Gasteiger partial charge on any atom is 0.284 e. The quantitative estimate of drug-likeness (QED) is 0.276. The van der Waals surface area contributed by atoms with E-state index in [1.807, 2.05) is 78.9 Å². The first-order valence-corrected chi connectivity index (χ1v) is 7.40. The van der Waals surface area contributed by atoms with Crippen molar-refractivity contribution in [2.75, 3.05) is 0 Å². The minimum absolute atomic E-state index is 0.177. The van der Waals surface area contributed by atoms with Crippen molar-refractivity contribution in [2.45, 2.75) is 0 Å². The van der Waals surface area contributed by atoms with Gasteiger partial charge in [-0.2, -0.15) is 0 Å². The minimum atomic E-state index is -0.278. The van der Waals surface area contributed by atoms with Gasteiger partial charge in [0, 0.05) is 0 Å². The van der Waals surface area contributed by atoms with E-state index in [4.69, 9.17) is 0 Å². The molecule has 0 fully saturated rings. The molecule has 110 valence electrons. The predicted octanol–water partition coefficient (Wildman–Crippen LogP) is 5.57. The molecular formula is C20H13NO2. The van der Waals surface area contributed by atoms with E-state index in [1.165, 1.54) is 0 Å². The summed E-state index contributed by atoms with van der Waals surface area (Å²) in [4.78, 5) is 11.4. The van der Waals surface area contributed by atoms with Gasteiger partial charge in [0.05, 0.1) is 15.7 Å². The topological polar surface area (TPSA) is 43.1 Å². The Labute approximate surface area is 133 Å². The van der Waals surface area contributed by atoms with Gasteiger partial charge in [0.1, 0.15) is 0 Å². The predicted molar refractivity (Wildman–Crippen MR) is 93.5 cm³/mol. The van der Waals surface area contributed by atoms with E-state index in [0.29, 0.717) is 10.8 Å². The van der Waals surface area contributed by atoms with Crippen LogP contribution in [0.5, 0.6) is 0 Å². The average molecular weight is 299 g/mol. The van der Waals surface area contributed by atoms with E-state index in [2.05, 4.69) is 0 Å². The molecule has 0 radical (unpaired) electrons. The molecule has 0 bridgehead atoms. The lowest BCUT2D eigenvalue weighted by Crippen LogP contribution is -1.93. The zero-order valence-electron chi connectivity index (χ0n) is 12.3. The van der Waals surface area contributed by atoms with Crippen molar-refractivity contribution in [3.63, 3.8) is 0 Å². The molecule has 0 saturated carbocycles. The van der Waals surface area contributed by atoms with Crippen LogP contribution < -0.4 is 0 Å². The van der Waals surface area contributed by atoms with E-state index < -0.39 is 0 Å². The molecule has 0 spiro atoms. The van der Waals surface area contributed by atoms with Crippen LogP contribution in [0.2, 0.25) is 0 Å². The number of hydrogen-bond acceptors (Lipinski definition) is 2. The maximum atomic E-state index is 11.7. The number of fused-ring (bicyclic) bond motifs is 2. The van der Waals surface area contributed by atoms with E-state index in [-0.39, 0.29) is 10.6 Å². The van der Waals surface area contributed by atoms with Crippen LogP contribution in [-0.4, -0.2) is 4.92 Å². The van der Waals surface area contributed by atoms with Gasteiger partial charge in [-0.25, -0.2) is 0 Å². The van der Waals surface area contributed by atoms with E-state index >= 15 is 0 Å². The smallest absolute Gasteiger partial charge is 0.258 e. The molecule has 0 heterocycles. The van der Waals surface area contributed by atoms with Crippen LogP contribution >= 0.6 is 0 Å². The van der Waals surface area contributed by atoms with Crippen LogP contribution in [0.1, 0.15) is 0 Å². The van der Waals surface area contributed by atoms with Crippen LogP contribution in [0.25, 0.3) is 32.7 Å². The zero-order chi connectivity index (χ0) is 15.8. The molecule has 0 aliphatic carbocycles. The second-order valence-electron chi connectivity index (χ2n) is 5.47. The number of nitro groups is 1. The van der Waals surface area contributed by atoms with Crippen LogP contribution in [0.3, 0.4) is 0 Å². The summed E-state index contributed by atoms with van der Waals surface area (Å²) in [5.74, 6) is 0. The fraction of sp³-hybridized carbons (Fsp3) is 0. The molecule has 0 amide bonds. The highest BCUT2D eigenvalue weighted by molar-refractivity contribution is 6.12. The van der Waals surface area contributed by atoms with Crippen molar-refractivity contribution in [3.05, 3.63) is 89.0 Å². The maximum absolute atomic E-state index is 11.7. The normalized spacial score (nSPS) is 11.0. The number of hydrogen-bond donors (Lipinski definition) is 0. The van der Waals surface area contributed by atoms with E-state index in [9.17, 15) is 10.1 Å². The Morgan fingerprint density at radius 1 is 0.696 bits per heavy atom. The number of benzene rings is 4. The lowest BCUT2D eigenvalue weighted by Gasteiger charge is -2.10. The van der Waals surface area contributed by atoms with Gasteiger partial charge in [-0.15, -0.1) is 0 Å². The molecule has 4 aromatic carbocycles. The van der Waals surface area contributed by atoms with Gasteiger partial charge in [-0.1, -0.05) is 60.7 Å². The fourth-order valence-corrected chi connectivity index (χ4v) is 3.13. The number of nitrogens with zero attached hydrogens (tertiary/aromatic N) is 1. The van der Waals surface area contributed by atoms with Crippen molar-refractivity contribution >= 4 is 27.2 Å². The van der Waals surface area contributed by atoms with E-state index in [1.54, 1.807) is 0 Å². The minimum Gasteiger partial charge on any atom is -0.258 e. The standard InChI is InChI=1S/C20H13NO2/c22-21(23)20-17-10-5-4-9-15(17)13-19-16(11-6-12-18(19)20)14-7-2-1-3-8-14/h1-13H. The molecule has 0 aliphatic rings. The first-order valence-electron chi connectivity index (χ1n) is 7.40. The summed E-state index contributed by atoms with van der Waals surface area (Å²) in [6.45, 7) is 0. The summed E-state index contributed by atoms with van der Waals surface area (Å²) in [7, 11) is 0. The van der Waals surface area contributed by atoms with E-state index in [0.717, 1.165) is 21.9 Å². The molecule has 0 aromatic heterocycles. The third kappa shape index (κ3) is 2.14. The summed E-state index contributed by atoms with van der Waals surface area (Å²) >= 11 is 0. The molecule has 3 nitrogen and oxygen atoms in total.